The summed E-state index contributed by atoms with van der Waals surface area (Å²) in [5.74, 6) is -0.531. The molecule has 0 saturated heterocycles. The minimum atomic E-state index is -0.531. The molecular formula is C20H17ClFN7O. The molecule has 0 spiro atoms. The molecule has 8 nitrogen and oxygen atoms in total. The van der Waals surface area contributed by atoms with E-state index in [1.807, 2.05) is 10.9 Å². The zero-order valence-corrected chi connectivity index (χ0v) is 16.8. The molecular weight excluding hydrogens is 409 g/mol. The second-order valence-electron chi connectivity index (χ2n) is 7.31. The predicted octanol–water partition coefficient (Wildman–Crippen LogP) is 3.17. The fourth-order valence-electron chi connectivity index (χ4n) is 3.28. The number of nitrogens with zero attached hydrogens (tertiary/aromatic N) is 7. The van der Waals surface area contributed by atoms with E-state index < -0.39 is 5.82 Å². The molecule has 3 aromatic heterocycles. The van der Waals surface area contributed by atoms with E-state index in [0.29, 0.717) is 23.0 Å². The summed E-state index contributed by atoms with van der Waals surface area (Å²) in [6, 6.07) is 6.29. The van der Waals surface area contributed by atoms with Crippen LogP contribution in [0.4, 0.5) is 4.39 Å². The first-order chi connectivity index (χ1) is 14.5. The highest BCUT2D eigenvalue weighted by Crippen LogP contribution is 2.35. The molecule has 10 heteroatoms. The van der Waals surface area contributed by atoms with Crippen molar-refractivity contribution in [3.63, 3.8) is 0 Å². The van der Waals surface area contributed by atoms with E-state index in [0.717, 1.165) is 18.4 Å². The van der Waals surface area contributed by atoms with Crippen LogP contribution in [0.2, 0.25) is 5.02 Å². The Hall–Kier alpha value is -3.33. The molecule has 5 rings (SSSR count). The van der Waals surface area contributed by atoms with E-state index in [4.69, 9.17) is 11.6 Å². The van der Waals surface area contributed by atoms with E-state index in [1.54, 1.807) is 25.4 Å². The van der Waals surface area contributed by atoms with Gasteiger partial charge in [-0.1, -0.05) is 16.8 Å². The average molecular weight is 426 g/mol. The first-order valence-corrected chi connectivity index (χ1v) is 9.85. The molecule has 0 atom stereocenters. The van der Waals surface area contributed by atoms with Crippen molar-refractivity contribution in [1.82, 2.24) is 34.6 Å². The summed E-state index contributed by atoms with van der Waals surface area (Å²) in [7, 11) is 0. The standard InChI is InChI=1S/C20H17ClFN7O/c1-12-19(29(26-25-12)18-5-2-15(21)7-17(18)22)11-28-20(30)6-13(8-24-28)14-9-23-27(10-14)16-3-4-16/h2,5-10,16H,3-4,11H2,1H3. The van der Waals surface area contributed by atoms with Crippen LogP contribution in [-0.4, -0.2) is 34.6 Å². The molecule has 1 aliphatic carbocycles. The Morgan fingerprint density at radius 2 is 1.97 bits per heavy atom. The number of hydrogen-bond donors (Lipinski definition) is 0. The fraction of sp³-hybridized carbons (Fsp3) is 0.250. The monoisotopic (exact) mass is 425 g/mol. The van der Waals surface area contributed by atoms with E-state index in [-0.39, 0.29) is 22.8 Å². The molecule has 4 aromatic rings. The second kappa shape index (κ2) is 7.17. The van der Waals surface area contributed by atoms with Gasteiger partial charge in [0.05, 0.1) is 36.4 Å². The summed E-state index contributed by atoms with van der Waals surface area (Å²) in [4.78, 5) is 12.7. The Kier molecular flexibility index (Phi) is 4.47. The van der Waals surface area contributed by atoms with Crippen LogP contribution in [0.3, 0.4) is 0 Å². The third-order valence-electron chi connectivity index (χ3n) is 5.12. The Morgan fingerprint density at radius 3 is 2.70 bits per heavy atom. The number of benzene rings is 1. The Morgan fingerprint density at radius 1 is 1.17 bits per heavy atom. The van der Waals surface area contributed by atoms with Crippen LogP contribution in [0.1, 0.15) is 30.3 Å². The van der Waals surface area contributed by atoms with Gasteiger partial charge < -0.3 is 0 Å². The molecule has 1 fully saturated rings. The molecule has 152 valence electrons. The maximum absolute atomic E-state index is 14.4. The molecule has 0 amide bonds. The minimum Gasteiger partial charge on any atom is -0.269 e. The van der Waals surface area contributed by atoms with Crippen molar-refractivity contribution in [2.45, 2.75) is 32.4 Å². The van der Waals surface area contributed by atoms with Gasteiger partial charge in [0.25, 0.3) is 5.56 Å². The average Bonchev–Trinajstić information content (AvgIpc) is 3.34. The molecule has 30 heavy (non-hydrogen) atoms. The van der Waals surface area contributed by atoms with Gasteiger partial charge in [0.1, 0.15) is 11.5 Å². The lowest BCUT2D eigenvalue weighted by Gasteiger charge is -2.10. The highest BCUT2D eigenvalue weighted by atomic mass is 35.5. The Balaban J connectivity index is 1.46. The molecule has 0 radical (unpaired) electrons. The number of aryl methyl sites for hydroxylation is 1. The maximum Gasteiger partial charge on any atom is 0.267 e. The zero-order valence-electron chi connectivity index (χ0n) is 16.0. The van der Waals surface area contributed by atoms with Gasteiger partial charge in [-0.25, -0.2) is 13.8 Å². The van der Waals surface area contributed by atoms with Gasteiger partial charge in [-0.05, 0) is 38.0 Å². The lowest BCUT2D eigenvalue weighted by atomic mass is 10.2. The van der Waals surface area contributed by atoms with Crippen molar-refractivity contribution in [3.8, 4) is 16.8 Å². The second-order valence-corrected chi connectivity index (χ2v) is 7.75. The number of halogens is 2. The molecule has 0 unspecified atom stereocenters. The SMILES string of the molecule is Cc1nnn(-c2ccc(Cl)cc2F)c1Cn1ncc(-c2cnn(C3CC3)c2)cc1=O. The first-order valence-electron chi connectivity index (χ1n) is 9.48. The quantitative estimate of drug-likeness (QED) is 0.490. The summed E-state index contributed by atoms with van der Waals surface area (Å²) in [5, 5.41) is 17.0. The summed E-state index contributed by atoms with van der Waals surface area (Å²) in [5.41, 5.74) is 2.61. The van der Waals surface area contributed by atoms with Gasteiger partial charge in [0.2, 0.25) is 0 Å². The Labute approximate surface area is 175 Å². The van der Waals surface area contributed by atoms with E-state index in [2.05, 4.69) is 20.5 Å². The zero-order chi connectivity index (χ0) is 20.8. The van der Waals surface area contributed by atoms with Crippen molar-refractivity contribution in [3.05, 3.63) is 75.4 Å². The first kappa shape index (κ1) is 18.7. The highest BCUT2D eigenvalue weighted by Gasteiger charge is 2.24. The predicted molar refractivity (Wildman–Crippen MR) is 108 cm³/mol. The summed E-state index contributed by atoms with van der Waals surface area (Å²) in [6.07, 6.45) is 7.57. The third-order valence-corrected chi connectivity index (χ3v) is 5.36. The third kappa shape index (κ3) is 3.41. The highest BCUT2D eigenvalue weighted by molar-refractivity contribution is 6.30. The Bertz CT molecular complexity index is 1300. The number of aromatic nitrogens is 7. The van der Waals surface area contributed by atoms with Gasteiger partial charge in [-0.15, -0.1) is 5.10 Å². The summed E-state index contributed by atoms with van der Waals surface area (Å²) >= 11 is 5.84. The van der Waals surface area contributed by atoms with Crippen molar-refractivity contribution >= 4 is 11.6 Å². The van der Waals surface area contributed by atoms with E-state index in [9.17, 15) is 9.18 Å². The lowest BCUT2D eigenvalue weighted by Crippen LogP contribution is -2.24. The van der Waals surface area contributed by atoms with Crippen LogP contribution in [0.25, 0.3) is 16.8 Å². The molecule has 1 aliphatic rings. The van der Waals surface area contributed by atoms with Crippen LogP contribution >= 0.6 is 11.6 Å². The number of rotatable bonds is 5. The molecule has 1 saturated carbocycles. The van der Waals surface area contributed by atoms with Gasteiger partial charge >= 0.3 is 0 Å². The fourth-order valence-corrected chi connectivity index (χ4v) is 3.44. The molecule has 0 aliphatic heterocycles. The number of hydrogen-bond acceptors (Lipinski definition) is 5. The van der Waals surface area contributed by atoms with E-state index >= 15 is 0 Å². The van der Waals surface area contributed by atoms with Crippen LogP contribution < -0.4 is 5.56 Å². The van der Waals surface area contributed by atoms with Gasteiger partial charge in [0.15, 0.2) is 0 Å². The van der Waals surface area contributed by atoms with Crippen LogP contribution in [0.5, 0.6) is 0 Å². The van der Waals surface area contributed by atoms with Crippen molar-refractivity contribution in [2.24, 2.45) is 0 Å². The lowest BCUT2D eigenvalue weighted by molar-refractivity contribution is 0.581. The molecule has 0 bridgehead atoms. The molecule has 0 N–H and O–H groups in total. The molecule has 3 heterocycles. The minimum absolute atomic E-state index is 0.0986. The maximum atomic E-state index is 14.4. The van der Waals surface area contributed by atoms with Gasteiger partial charge in [0, 0.05) is 28.4 Å². The van der Waals surface area contributed by atoms with Gasteiger partial charge in [-0.3, -0.25) is 9.48 Å². The topological polar surface area (TPSA) is 83.4 Å². The molecule has 1 aromatic carbocycles. The van der Waals surface area contributed by atoms with Gasteiger partial charge in [-0.2, -0.15) is 10.2 Å². The van der Waals surface area contributed by atoms with Crippen LogP contribution in [0.15, 0.2) is 47.7 Å². The normalized spacial score (nSPS) is 13.7. The summed E-state index contributed by atoms with van der Waals surface area (Å²) < 4.78 is 19.0. The van der Waals surface area contributed by atoms with Crippen LogP contribution in [0, 0.1) is 12.7 Å². The van der Waals surface area contributed by atoms with Crippen molar-refractivity contribution in [2.75, 3.05) is 0 Å². The summed E-state index contributed by atoms with van der Waals surface area (Å²) in [6.45, 7) is 1.85. The smallest absolute Gasteiger partial charge is 0.267 e. The van der Waals surface area contributed by atoms with Crippen LogP contribution in [-0.2, 0) is 6.54 Å². The van der Waals surface area contributed by atoms with Crippen molar-refractivity contribution < 1.29 is 4.39 Å². The van der Waals surface area contributed by atoms with E-state index in [1.165, 1.54) is 27.6 Å². The van der Waals surface area contributed by atoms with Crippen molar-refractivity contribution in [1.29, 1.82) is 0 Å². The largest absolute Gasteiger partial charge is 0.269 e.